The van der Waals surface area contributed by atoms with E-state index in [0.29, 0.717) is 38.3 Å². The van der Waals surface area contributed by atoms with E-state index in [2.05, 4.69) is 10.6 Å². The SMILES string of the molecule is CC(C)NC(=O)CN1CCN(C(=O)C(NC(=O)c2ccc(F)cc2)C(C)C)CC1. The normalized spacial score (nSPS) is 16.0. The van der Waals surface area contributed by atoms with E-state index in [0.717, 1.165) is 0 Å². The Morgan fingerprint density at radius 2 is 1.55 bits per heavy atom. The van der Waals surface area contributed by atoms with Crippen molar-refractivity contribution in [3.8, 4) is 0 Å². The minimum Gasteiger partial charge on any atom is -0.353 e. The quantitative estimate of drug-likeness (QED) is 0.714. The Labute approximate surface area is 171 Å². The van der Waals surface area contributed by atoms with Crippen LogP contribution in [0.3, 0.4) is 0 Å². The minimum atomic E-state index is -0.664. The summed E-state index contributed by atoms with van der Waals surface area (Å²) in [5.41, 5.74) is 0.311. The van der Waals surface area contributed by atoms with Gasteiger partial charge in [-0.15, -0.1) is 0 Å². The molecule has 8 heteroatoms. The highest BCUT2D eigenvalue weighted by Crippen LogP contribution is 2.11. The van der Waals surface area contributed by atoms with E-state index in [-0.39, 0.29) is 23.8 Å². The predicted molar refractivity (Wildman–Crippen MR) is 109 cm³/mol. The number of piperazine rings is 1. The molecule has 1 atom stereocenters. The van der Waals surface area contributed by atoms with Crippen molar-refractivity contribution in [3.05, 3.63) is 35.6 Å². The number of rotatable bonds is 7. The van der Waals surface area contributed by atoms with Crippen LogP contribution in [0.25, 0.3) is 0 Å². The van der Waals surface area contributed by atoms with Gasteiger partial charge in [0.15, 0.2) is 0 Å². The molecule has 0 aliphatic carbocycles. The molecule has 1 aliphatic heterocycles. The summed E-state index contributed by atoms with van der Waals surface area (Å²) in [6.45, 7) is 10.1. The Morgan fingerprint density at radius 1 is 0.966 bits per heavy atom. The van der Waals surface area contributed by atoms with Gasteiger partial charge in [-0.1, -0.05) is 13.8 Å². The van der Waals surface area contributed by atoms with E-state index in [4.69, 9.17) is 0 Å². The van der Waals surface area contributed by atoms with Crippen LogP contribution >= 0.6 is 0 Å². The van der Waals surface area contributed by atoms with Gasteiger partial charge in [-0.25, -0.2) is 4.39 Å². The molecule has 2 rings (SSSR count). The zero-order valence-corrected chi connectivity index (χ0v) is 17.6. The van der Waals surface area contributed by atoms with Crippen LogP contribution < -0.4 is 10.6 Å². The Kier molecular flexibility index (Phi) is 8.13. The van der Waals surface area contributed by atoms with Gasteiger partial charge in [0.2, 0.25) is 11.8 Å². The first-order valence-corrected chi connectivity index (χ1v) is 10.0. The Hall–Kier alpha value is -2.48. The van der Waals surface area contributed by atoms with E-state index in [1.165, 1.54) is 24.3 Å². The first-order chi connectivity index (χ1) is 13.7. The van der Waals surface area contributed by atoms with E-state index in [1.807, 2.05) is 32.6 Å². The molecule has 2 N–H and O–H groups in total. The van der Waals surface area contributed by atoms with Gasteiger partial charge in [-0.05, 0) is 44.0 Å². The molecule has 160 valence electrons. The molecular formula is C21H31FN4O3. The summed E-state index contributed by atoms with van der Waals surface area (Å²) in [4.78, 5) is 41.1. The van der Waals surface area contributed by atoms with Crippen molar-refractivity contribution in [2.24, 2.45) is 5.92 Å². The molecule has 1 saturated heterocycles. The minimum absolute atomic E-state index is 0.0219. The molecule has 1 heterocycles. The number of hydrogen-bond acceptors (Lipinski definition) is 4. The predicted octanol–water partition coefficient (Wildman–Crippen LogP) is 1.25. The van der Waals surface area contributed by atoms with Crippen LogP contribution in [-0.2, 0) is 9.59 Å². The Balaban J connectivity index is 1.92. The summed E-state index contributed by atoms with van der Waals surface area (Å²) in [6.07, 6.45) is 0. The highest BCUT2D eigenvalue weighted by Gasteiger charge is 2.31. The zero-order valence-electron chi connectivity index (χ0n) is 17.6. The van der Waals surface area contributed by atoms with Crippen molar-refractivity contribution in [2.45, 2.75) is 39.8 Å². The lowest BCUT2D eigenvalue weighted by molar-refractivity contribution is -0.136. The van der Waals surface area contributed by atoms with E-state index in [1.54, 1.807) is 4.90 Å². The van der Waals surface area contributed by atoms with Crippen LogP contribution in [-0.4, -0.2) is 72.3 Å². The third-order valence-electron chi connectivity index (χ3n) is 4.83. The maximum atomic E-state index is 13.1. The number of benzene rings is 1. The van der Waals surface area contributed by atoms with Gasteiger partial charge in [0, 0.05) is 37.8 Å². The fourth-order valence-electron chi connectivity index (χ4n) is 3.23. The summed E-state index contributed by atoms with van der Waals surface area (Å²) < 4.78 is 13.1. The van der Waals surface area contributed by atoms with Gasteiger partial charge in [0.25, 0.3) is 5.91 Å². The summed E-state index contributed by atoms with van der Waals surface area (Å²) in [5, 5.41) is 5.65. The van der Waals surface area contributed by atoms with E-state index >= 15 is 0 Å². The average Bonchev–Trinajstić information content (AvgIpc) is 2.65. The molecule has 0 aromatic heterocycles. The largest absolute Gasteiger partial charge is 0.353 e. The summed E-state index contributed by atoms with van der Waals surface area (Å²) in [6, 6.07) is 4.66. The lowest BCUT2D eigenvalue weighted by Gasteiger charge is -2.37. The van der Waals surface area contributed by atoms with Crippen LogP contribution in [0.1, 0.15) is 38.1 Å². The van der Waals surface area contributed by atoms with Crippen molar-refractivity contribution in [2.75, 3.05) is 32.7 Å². The second kappa shape index (κ2) is 10.3. The van der Waals surface area contributed by atoms with Gasteiger partial charge in [0.1, 0.15) is 11.9 Å². The van der Waals surface area contributed by atoms with Crippen LogP contribution in [0.15, 0.2) is 24.3 Å². The number of nitrogens with one attached hydrogen (secondary N) is 2. The molecule has 1 aromatic rings. The lowest BCUT2D eigenvalue weighted by atomic mass is 10.0. The fraction of sp³-hybridized carbons (Fsp3) is 0.571. The van der Waals surface area contributed by atoms with Crippen molar-refractivity contribution in [3.63, 3.8) is 0 Å². The van der Waals surface area contributed by atoms with Crippen molar-refractivity contribution >= 4 is 17.7 Å². The molecule has 1 aromatic carbocycles. The summed E-state index contributed by atoms with van der Waals surface area (Å²) in [7, 11) is 0. The molecule has 0 saturated carbocycles. The first-order valence-electron chi connectivity index (χ1n) is 10.0. The zero-order chi connectivity index (χ0) is 21.6. The molecule has 3 amide bonds. The first kappa shape index (κ1) is 22.8. The third kappa shape index (κ3) is 6.81. The molecule has 0 bridgehead atoms. The molecule has 0 spiro atoms. The van der Waals surface area contributed by atoms with Crippen LogP contribution in [0.5, 0.6) is 0 Å². The molecule has 0 radical (unpaired) electrons. The molecule has 7 nitrogen and oxygen atoms in total. The van der Waals surface area contributed by atoms with Crippen molar-refractivity contribution in [1.82, 2.24) is 20.4 Å². The molecule has 1 aliphatic rings. The van der Waals surface area contributed by atoms with Crippen molar-refractivity contribution in [1.29, 1.82) is 0 Å². The smallest absolute Gasteiger partial charge is 0.251 e. The van der Waals surface area contributed by atoms with Gasteiger partial charge >= 0.3 is 0 Å². The molecule has 1 unspecified atom stereocenters. The van der Waals surface area contributed by atoms with Gasteiger partial charge in [-0.3, -0.25) is 19.3 Å². The third-order valence-corrected chi connectivity index (χ3v) is 4.83. The van der Waals surface area contributed by atoms with E-state index in [9.17, 15) is 18.8 Å². The fourth-order valence-corrected chi connectivity index (χ4v) is 3.23. The number of carbonyl (C=O) groups excluding carboxylic acids is 3. The number of carbonyl (C=O) groups is 3. The highest BCUT2D eigenvalue weighted by molar-refractivity contribution is 5.97. The van der Waals surface area contributed by atoms with Gasteiger partial charge in [-0.2, -0.15) is 0 Å². The van der Waals surface area contributed by atoms with Crippen LogP contribution in [0.4, 0.5) is 4.39 Å². The Bertz CT molecular complexity index is 713. The number of amides is 3. The average molecular weight is 407 g/mol. The molecule has 29 heavy (non-hydrogen) atoms. The van der Waals surface area contributed by atoms with Gasteiger partial charge in [0.05, 0.1) is 6.54 Å². The molecule has 1 fully saturated rings. The van der Waals surface area contributed by atoms with E-state index < -0.39 is 17.8 Å². The van der Waals surface area contributed by atoms with Crippen LogP contribution in [0.2, 0.25) is 0 Å². The maximum absolute atomic E-state index is 13.1. The topological polar surface area (TPSA) is 81.8 Å². The lowest BCUT2D eigenvalue weighted by Crippen LogP contribution is -2.57. The second-order valence-corrected chi connectivity index (χ2v) is 8.03. The maximum Gasteiger partial charge on any atom is 0.251 e. The number of halogens is 1. The van der Waals surface area contributed by atoms with Crippen LogP contribution in [0, 0.1) is 11.7 Å². The highest BCUT2D eigenvalue weighted by atomic mass is 19.1. The van der Waals surface area contributed by atoms with Gasteiger partial charge < -0.3 is 15.5 Å². The number of hydrogen-bond donors (Lipinski definition) is 2. The monoisotopic (exact) mass is 406 g/mol. The van der Waals surface area contributed by atoms with Crippen molar-refractivity contribution < 1.29 is 18.8 Å². The molecular weight excluding hydrogens is 375 g/mol. The second-order valence-electron chi connectivity index (χ2n) is 8.03. The number of nitrogens with zero attached hydrogens (tertiary/aromatic N) is 2. The summed E-state index contributed by atoms with van der Waals surface area (Å²) >= 11 is 0. The Morgan fingerprint density at radius 3 is 2.07 bits per heavy atom. The summed E-state index contributed by atoms with van der Waals surface area (Å²) in [5.74, 6) is -1.08. The standard InChI is InChI=1S/C21H31FN4O3/c1-14(2)19(24-20(28)16-5-7-17(22)8-6-16)21(29)26-11-9-25(10-12-26)13-18(27)23-15(3)4/h5-8,14-15,19H,9-13H2,1-4H3,(H,23,27)(H,24,28).